The molecule has 0 spiro atoms. The summed E-state index contributed by atoms with van der Waals surface area (Å²) < 4.78 is 0. The van der Waals surface area contributed by atoms with Crippen LogP contribution in [0.1, 0.15) is 10.0 Å². The second kappa shape index (κ2) is 4.45. The molecule has 2 heterocycles. The quantitative estimate of drug-likeness (QED) is 0.589. The normalized spacial score (nSPS) is 18.9. The Morgan fingerprint density at radius 1 is 1.35 bits per heavy atom. The molecule has 2 rings (SSSR count). The van der Waals surface area contributed by atoms with E-state index in [9.17, 15) is 14.4 Å². The first-order valence-electron chi connectivity index (χ1n) is 4.69. The fourth-order valence-corrected chi connectivity index (χ4v) is 2.23. The Bertz CT molecular complexity index is 486. The monoisotopic (exact) mass is 256 g/mol. The molecule has 0 saturated carbocycles. The van der Waals surface area contributed by atoms with E-state index in [0.29, 0.717) is 10.0 Å². The van der Waals surface area contributed by atoms with Crippen molar-refractivity contribution >= 4 is 29.2 Å². The number of rotatable bonds is 4. The summed E-state index contributed by atoms with van der Waals surface area (Å²) in [7, 11) is 0. The number of aromatic nitrogens is 2. The molecule has 0 unspecified atom stereocenters. The van der Waals surface area contributed by atoms with Crippen LogP contribution in [0.5, 0.6) is 0 Å². The minimum atomic E-state index is -0.986. The van der Waals surface area contributed by atoms with E-state index in [4.69, 9.17) is 5.11 Å². The lowest BCUT2D eigenvalue weighted by atomic mass is 10.2. The van der Waals surface area contributed by atoms with Crippen LogP contribution < -0.4 is 10.6 Å². The highest BCUT2D eigenvalue weighted by molar-refractivity contribution is 7.11. The zero-order chi connectivity index (χ0) is 12.4. The Hall–Kier alpha value is -2.03. The van der Waals surface area contributed by atoms with Gasteiger partial charge in [0.1, 0.15) is 16.1 Å². The number of carboxylic acid groups (broad SMARTS) is 1. The van der Waals surface area contributed by atoms with E-state index < -0.39 is 23.9 Å². The standard InChI is InChI=1S/C8H8N4O4S/c13-6(14)2-5-12-11-4(17-5)1-3-7(15)10-8(16)9-3/h3H,1-2H2,(H,13,14)(H2,9,10,15,16)/t3-/m1/s1. The van der Waals surface area contributed by atoms with Crippen molar-refractivity contribution in [2.75, 3.05) is 0 Å². The fraction of sp³-hybridized carbons (Fsp3) is 0.375. The molecule has 0 bridgehead atoms. The molecule has 3 N–H and O–H groups in total. The number of nitrogens with zero attached hydrogens (tertiary/aromatic N) is 2. The van der Waals surface area contributed by atoms with Crippen molar-refractivity contribution in [1.82, 2.24) is 20.8 Å². The first-order chi connectivity index (χ1) is 8.04. The van der Waals surface area contributed by atoms with Crippen LogP contribution in [-0.2, 0) is 22.4 Å². The summed E-state index contributed by atoms with van der Waals surface area (Å²) in [6.07, 6.45) is 0.0236. The van der Waals surface area contributed by atoms with Crippen LogP contribution in [0, 0.1) is 0 Å². The van der Waals surface area contributed by atoms with Crippen LogP contribution in [0.2, 0.25) is 0 Å². The Balaban J connectivity index is 1.99. The second-order valence-electron chi connectivity index (χ2n) is 3.38. The Morgan fingerprint density at radius 3 is 2.65 bits per heavy atom. The van der Waals surface area contributed by atoms with Crippen molar-refractivity contribution in [1.29, 1.82) is 0 Å². The Kier molecular flexibility index (Phi) is 3.00. The number of amides is 3. The topological polar surface area (TPSA) is 121 Å². The lowest BCUT2D eigenvalue weighted by Crippen LogP contribution is -2.31. The third-order valence-corrected chi connectivity index (χ3v) is 2.99. The van der Waals surface area contributed by atoms with Crippen molar-refractivity contribution in [2.45, 2.75) is 18.9 Å². The van der Waals surface area contributed by atoms with Crippen LogP contribution in [-0.4, -0.2) is 39.3 Å². The largest absolute Gasteiger partial charge is 0.481 e. The molecule has 1 atom stereocenters. The molecule has 1 aliphatic rings. The molecule has 90 valence electrons. The summed E-state index contributed by atoms with van der Waals surface area (Å²) >= 11 is 1.12. The van der Waals surface area contributed by atoms with Gasteiger partial charge >= 0.3 is 12.0 Å². The molecule has 3 amide bonds. The van der Waals surface area contributed by atoms with Gasteiger partial charge in [0.05, 0.1) is 6.42 Å². The predicted octanol–water partition coefficient (Wildman–Crippen LogP) is -1.08. The van der Waals surface area contributed by atoms with Gasteiger partial charge in [-0.1, -0.05) is 0 Å². The highest BCUT2D eigenvalue weighted by Gasteiger charge is 2.30. The average molecular weight is 256 g/mol. The van der Waals surface area contributed by atoms with Gasteiger partial charge in [0.2, 0.25) is 0 Å². The lowest BCUT2D eigenvalue weighted by molar-refractivity contribution is -0.136. The number of carbonyl (C=O) groups is 3. The molecule has 1 aromatic rings. The number of imide groups is 1. The number of carbonyl (C=O) groups excluding carboxylic acids is 2. The van der Waals surface area contributed by atoms with Crippen molar-refractivity contribution in [3.05, 3.63) is 10.0 Å². The third kappa shape index (κ3) is 2.75. The van der Waals surface area contributed by atoms with Crippen molar-refractivity contribution in [3.8, 4) is 0 Å². The summed E-state index contributed by atoms with van der Waals surface area (Å²) in [5.74, 6) is -1.40. The molecule has 0 aromatic carbocycles. The van der Waals surface area contributed by atoms with E-state index in [-0.39, 0.29) is 12.8 Å². The summed E-state index contributed by atoms with van der Waals surface area (Å²) in [5, 5.41) is 21.4. The molecular weight excluding hydrogens is 248 g/mol. The van der Waals surface area contributed by atoms with E-state index in [1.54, 1.807) is 0 Å². The van der Waals surface area contributed by atoms with Gasteiger partial charge in [-0.05, 0) is 0 Å². The van der Waals surface area contributed by atoms with Gasteiger partial charge < -0.3 is 10.4 Å². The van der Waals surface area contributed by atoms with Crippen LogP contribution in [0.25, 0.3) is 0 Å². The van der Waals surface area contributed by atoms with Crippen LogP contribution in [0.3, 0.4) is 0 Å². The van der Waals surface area contributed by atoms with Gasteiger partial charge in [0.15, 0.2) is 0 Å². The van der Waals surface area contributed by atoms with Crippen LogP contribution >= 0.6 is 11.3 Å². The van der Waals surface area contributed by atoms with Gasteiger partial charge in [-0.2, -0.15) is 0 Å². The first-order valence-corrected chi connectivity index (χ1v) is 5.50. The molecule has 1 saturated heterocycles. The Labute approximate surface area is 99.0 Å². The molecule has 1 fully saturated rings. The van der Waals surface area contributed by atoms with E-state index in [1.165, 1.54) is 0 Å². The molecule has 8 nitrogen and oxygen atoms in total. The Morgan fingerprint density at radius 2 is 2.06 bits per heavy atom. The molecule has 1 aromatic heterocycles. The first kappa shape index (κ1) is 11.5. The van der Waals surface area contributed by atoms with Crippen molar-refractivity contribution in [3.63, 3.8) is 0 Å². The number of urea groups is 1. The van der Waals surface area contributed by atoms with E-state index >= 15 is 0 Å². The maximum Gasteiger partial charge on any atom is 0.322 e. The minimum Gasteiger partial charge on any atom is -0.481 e. The summed E-state index contributed by atoms with van der Waals surface area (Å²) in [4.78, 5) is 32.5. The maximum atomic E-state index is 11.2. The third-order valence-electron chi connectivity index (χ3n) is 2.05. The molecule has 17 heavy (non-hydrogen) atoms. The average Bonchev–Trinajstić information content (AvgIpc) is 2.74. The highest BCUT2D eigenvalue weighted by Crippen LogP contribution is 2.13. The summed E-state index contributed by atoms with van der Waals surface area (Å²) in [5.41, 5.74) is 0. The fourth-order valence-electron chi connectivity index (χ4n) is 1.35. The predicted molar refractivity (Wildman–Crippen MR) is 55.4 cm³/mol. The number of aliphatic carboxylic acids is 1. The molecular formula is C8H8N4O4S. The summed E-state index contributed by atoms with van der Waals surface area (Å²) in [6.45, 7) is 0. The number of hydrogen-bond acceptors (Lipinski definition) is 6. The number of hydrogen-bond donors (Lipinski definition) is 3. The zero-order valence-corrected chi connectivity index (χ0v) is 9.28. The SMILES string of the molecule is O=C(O)Cc1nnc(C[C@H]2NC(=O)NC2=O)s1. The molecule has 0 radical (unpaired) electrons. The van der Waals surface area contributed by atoms with Crippen LogP contribution in [0.4, 0.5) is 4.79 Å². The smallest absolute Gasteiger partial charge is 0.322 e. The van der Waals surface area contributed by atoms with Crippen LogP contribution in [0.15, 0.2) is 0 Å². The highest BCUT2D eigenvalue weighted by atomic mass is 32.1. The van der Waals surface area contributed by atoms with Gasteiger partial charge in [-0.3, -0.25) is 14.9 Å². The lowest BCUT2D eigenvalue weighted by Gasteiger charge is -2.02. The molecule has 0 aliphatic carbocycles. The molecule has 1 aliphatic heterocycles. The molecule has 9 heteroatoms. The van der Waals surface area contributed by atoms with E-state index in [1.807, 2.05) is 0 Å². The summed E-state index contributed by atoms with van der Waals surface area (Å²) in [6, 6.07) is -1.19. The minimum absolute atomic E-state index is 0.194. The number of nitrogens with one attached hydrogen (secondary N) is 2. The maximum absolute atomic E-state index is 11.2. The van der Waals surface area contributed by atoms with E-state index in [2.05, 4.69) is 20.8 Å². The van der Waals surface area contributed by atoms with Crippen molar-refractivity contribution < 1.29 is 19.5 Å². The van der Waals surface area contributed by atoms with Gasteiger partial charge in [0.25, 0.3) is 5.91 Å². The van der Waals surface area contributed by atoms with E-state index in [0.717, 1.165) is 11.3 Å². The van der Waals surface area contributed by atoms with Gasteiger partial charge in [0, 0.05) is 6.42 Å². The zero-order valence-electron chi connectivity index (χ0n) is 8.47. The number of carboxylic acids is 1. The van der Waals surface area contributed by atoms with Crippen molar-refractivity contribution in [2.24, 2.45) is 0 Å². The van der Waals surface area contributed by atoms with Gasteiger partial charge in [-0.25, -0.2) is 4.79 Å². The second-order valence-corrected chi connectivity index (χ2v) is 4.53. The van der Waals surface area contributed by atoms with Gasteiger partial charge in [-0.15, -0.1) is 21.5 Å².